The number of carbonyl (C=O) groups is 2. The van der Waals surface area contributed by atoms with Crippen LogP contribution in [0.1, 0.15) is 37.0 Å². The van der Waals surface area contributed by atoms with Gasteiger partial charge < -0.3 is 10.0 Å². The molecule has 100 valence electrons. The van der Waals surface area contributed by atoms with Gasteiger partial charge in [-0.2, -0.15) is 0 Å². The Bertz CT molecular complexity index is 431. The quantitative estimate of drug-likeness (QED) is 0.863. The molecule has 0 saturated heterocycles. The van der Waals surface area contributed by atoms with E-state index in [1.54, 1.807) is 17.3 Å². The second-order valence-corrected chi connectivity index (χ2v) is 5.06. The minimum absolute atomic E-state index is 0.128. The Kier molecular flexibility index (Phi) is 5.15. The van der Waals surface area contributed by atoms with E-state index >= 15 is 0 Å². The summed E-state index contributed by atoms with van der Waals surface area (Å²) in [6, 6.07) is 1.34. The Morgan fingerprint density at radius 2 is 2.22 bits per heavy atom. The van der Waals surface area contributed by atoms with Crippen LogP contribution in [0.2, 0.25) is 0 Å². The van der Waals surface area contributed by atoms with Crippen molar-refractivity contribution in [2.45, 2.75) is 32.7 Å². The molecule has 0 radical (unpaired) electrons. The summed E-state index contributed by atoms with van der Waals surface area (Å²) in [7, 11) is 1.71. The van der Waals surface area contributed by atoms with Crippen LogP contribution in [0.3, 0.4) is 0 Å². The summed E-state index contributed by atoms with van der Waals surface area (Å²) in [5, 5.41) is 13.6. The highest BCUT2D eigenvalue weighted by atomic mass is 32.1. The molecule has 2 N–H and O–H groups in total. The first-order chi connectivity index (χ1) is 8.47. The molecule has 1 aromatic rings. The van der Waals surface area contributed by atoms with E-state index < -0.39 is 5.97 Å². The predicted octanol–water partition coefficient (Wildman–Crippen LogP) is 3.10. The fraction of sp³-hybridized carbons (Fsp3) is 0.500. The number of aromatic carboxylic acids is 1. The van der Waals surface area contributed by atoms with E-state index in [4.69, 9.17) is 5.11 Å². The minimum Gasteiger partial charge on any atom is -0.478 e. The lowest BCUT2D eigenvalue weighted by atomic mass is 10.2. The summed E-state index contributed by atoms with van der Waals surface area (Å²) >= 11 is 1.21. The zero-order valence-corrected chi connectivity index (χ0v) is 11.6. The van der Waals surface area contributed by atoms with Gasteiger partial charge in [-0.15, -0.1) is 11.3 Å². The predicted molar refractivity (Wildman–Crippen MR) is 72.4 cm³/mol. The molecule has 0 aromatic carbocycles. The number of carbonyl (C=O) groups excluding carboxylic acids is 1. The van der Waals surface area contributed by atoms with Crippen LogP contribution >= 0.6 is 11.3 Å². The zero-order valence-electron chi connectivity index (χ0n) is 10.8. The lowest BCUT2D eigenvalue weighted by Crippen LogP contribution is -2.38. The molecule has 0 bridgehead atoms. The number of nitrogens with zero attached hydrogens (tertiary/aromatic N) is 1. The van der Waals surface area contributed by atoms with Crippen LogP contribution in [-0.4, -0.2) is 35.1 Å². The Balaban J connectivity index is 2.69. The Hall–Kier alpha value is -1.56. The molecular weight excluding hydrogens is 252 g/mol. The molecule has 2 amide bonds. The summed E-state index contributed by atoms with van der Waals surface area (Å²) in [6.45, 7) is 4.03. The molecule has 0 aliphatic heterocycles. The summed E-state index contributed by atoms with van der Waals surface area (Å²) in [4.78, 5) is 24.4. The fourth-order valence-electron chi connectivity index (χ4n) is 1.57. The van der Waals surface area contributed by atoms with Crippen LogP contribution in [0.4, 0.5) is 9.80 Å². The van der Waals surface area contributed by atoms with Gasteiger partial charge in [0.2, 0.25) is 0 Å². The maximum atomic E-state index is 11.9. The smallest absolute Gasteiger partial charge is 0.338 e. The van der Waals surface area contributed by atoms with Gasteiger partial charge in [-0.1, -0.05) is 13.3 Å². The van der Waals surface area contributed by atoms with Crippen molar-refractivity contribution >= 4 is 28.3 Å². The number of hydrogen-bond acceptors (Lipinski definition) is 3. The highest BCUT2D eigenvalue weighted by Gasteiger charge is 2.18. The van der Waals surface area contributed by atoms with Crippen molar-refractivity contribution in [2.24, 2.45) is 0 Å². The van der Waals surface area contributed by atoms with Gasteiger partial charge in [0.05, 0.1) is 5.56 Å². The largest absolute Gasteiger partial charge is 0.478 e. The SMILES string of the molecule is CCCC(C)N(C)C(=O)Nc1sccc1C(=O)O. The first-order valence-corrected chi connectivity index (χ1v) is 6.70. The molecule has 1 aromatic heterocycles. The van der Waals surface area contributed by atoms with Gasteiger partial charge in [-0.25, -0.2) is 9.59 Å². The Morgan fingerprint density at radius 1 is 1.56 bits per heavy atom. The van der Waals surface area contributed by atoms with Gasteiger partial charge in [-0.05, 0) is 24.8 Å². The Labute approximate surface area is 110 Å². The average molecular weight is 270 g/mol. The highest BCUT2D eigenvalue weighted by Crippen LogP contribution is 2.23. The highest BCUT2D eigenvalue weighted by molar-refractivity contribution is 7.14. The van der Waals surface area contributed by atoms with Gasteiger partial charge in [0.1, 0.15) is 5.00 Å². The maximum Gasteiger partial charge on any atom is 0.338 e. The van der Waals surface area contributed by atoms with Gasteiger partial charge >= 0.3 is 12.0 Å². The van der Waals surface area contributed by atoms with E-state index in [-0.39, 0.29) is 17.6 Å². The van der Waals surface area contributed by atoms with Gasteiger partial charge in [0.25, 0.3) is 0 Å². The third-order valence-electron chi connectivity index (χ3n) is 2.80. The Morgan fingerprint density at radius 3 is 2.78 bits per heavy atom. The van der Waals surface area contributed by atoms with Crippen molar-refractivity contribution in [2.75, 3.05) is 12.4 Å². The molecule has 1 rings (SSSR count). The third-order valence-corrected chi connectivity index (χ3v) is 3.63. The van der Waals surface area contributed by atoms with E-state index in [1.807, 2.05) is 6.92 Å². The van der Waals surface area contributed by atoms with Crippen molar-refractivity contribution in [1.82, 2.24) is 4.90 Å². The van der Waals surface area contributed by atoms with Crippen molar-refractivity contribution < 1.29 is 14.7 Å². The lowest BCUT2D eigenvalue weighted by molar-refractivity contribution is 0.0698. The van der Waals surface area contributed by atoms with Crippen molar-refractivity contribution in [3.63, 3.8) is 0 Å². The monoisotopic (exact) mass is 270 g/mol. The second kappa shape index (κ2) is 6.39. The molecular formula is C12H18N2O3S. The number of thiophene rings is 1. The van der Waals surface area contributed by atoms with E-state index in [0.29, 0.717) is 5.00 Å². The van der Waals surface area contributed by atoms with Gasteiger partial charge in [0, 0.05) is 13.1 Å². The van der Waals surface area contributed by atoms with E-state index in [9.17, 15) is 9.59 Å². The topological polar surface area (TPSA) is 69.6 Å². The molecule has 1 heterocycles. The number of nitrogens with one attached hydrogen (secondary N) is 1. The summed E-state index contributed by atoms with van der Waals surface area (Å²) in [6.07, 6.45) is 1.91. The molecule has 0 aliphatic carbocycles. The number of carboxylic acids is 1. The minimum atomic E-state index is -1.03. The molecule has 0 saturated carbocycles. The number of anilines is 1. The van der Waals surface area contributed by atoms with Crippen molar-refractivity contribution in [1.29, 1.82) is 0 Å². The zero-order chi connectivity index (χ0) is 13.7. The number of carboxylic acid groups (broad SMARTS) is 1. The molecule has 1 unspecified atom stereocenters. The molecule has 6 heteroatoms. The molecule has 0 fully saturated rings. The standard InChI is InChI=1S/C12H18N2O3S/c1-4-5-8(2)14(3)12(17)13-10-9(11(15)16)6-7-18-10/h6-8H,4-5H2,1-3H3,(H,13,17)(H,15,16). The van der Waals surface area contributed by atoms with Crippen LogP contribution in [0, 0.1) is 0 Å². The summed E-state index contributed by atoms with van der Waals surface area (Å²) < 4.78 is 0. The second-order valence-electron chi connectivity index (χ2n) is 4.15. The number of amides is 2. The normalized spacial score (nSPS) is 11.9. The number of rotatable bonds is 5. The average Bonchev–Trinajstić information content (AvgIpc) is 2.76. The van der Waals surface area contributed by atoms with E-state index in [0.717, 1.165) is 12.8 Å². The summed E-state index contributed by atoms with van der Waals surface area (Å²) in [5.74, 6) is -1.03. The first-order valence-electron chi connectivity index (χ1n) is 5.82. The molecule has 0 aliphatic rings. The molecule has 5 nitrogen and oxygen atoms in total. The van der Waals surface area contributed by atoms with Gasteiger partial charge in [0.15, 0.2) is 0 Å². The third kappa shape index (κ3) is 3.46. The molecule has 18 heavy (non-hydrogen) atoms. The first kappa shape index (κ1) is 14.5. The van der Waals surface area contributed by atoms with Crippen LogP contribution in [0.25, 0.3) is 0 Å². The van der Waals surface area contributed by atoms with E-state index in [2.05, 4.69) is 12.2 Å². The molecule has 0 spiro atoms. The van der Waals surface area contributed by atoms with Crippen LogP contribution < -0.4 is 5.32 Å². The van der Waals surface area contributed by atoms with Gasteiger partial charge in [-0.3, -0.25) is 5.32 Å². The number of hydrogen-bond donors (Lipinski definition) is 2. The van der Waals surface area contributed by atoms with Crippen molar-refractivity contribution in [3.05, 3.63) is 17.0 Å². The number of urea groups is 1. The molecule has 1 atom stereocenters. The lowest BCUT2D eigenvalue weighted by Gasteiger charge is -2.24. The van der Waals surface area contributed by atoms with Crippen molar-refractivity contribution in [3.8, 4) is 0 Å². The fourth-order valence-corrected chi connectivity index (χ4v) is 2.34. The maximum absolute atomic E-state index is 11.9. The van der Waals surface area contributed by atoms with Crippen LogP contribution in [0.15, 0.2) is 11.4 Å². The van der Waals surface area contributed by atoms with Crippen LogP contribution in [-0.2, 0) is 0 Å². The summed E-state index contributed by atoms with van der Waals surface area (Å²) in [5.41, 5.74) is 0.130. The van der Waals surface area contributed by atoms with Crippen LogP contribution in [0.5, 0.6) is 0 Å². The van der Waals surface area contributed by atoms with E-state index in [1.165, 1.54) is 17.4 Å².